The minimum absolute atomic E-state index is 0.290. The van der Waals surface area contributed by atoms with Crippen molar-refractivity contribution < 1.29 is 32.5 Å². The van der Waals surface area contributed by atoms with Crippen LogP contribution in [0.2, 0.25) is 0 Å². The summed E-state index contributed by atoms with van der Waals surface area (Å²) in [6.45, 7) is 3.53. The number of carboxylic acids is 1. The van der Waals surface area contributed by atoms with Gasteiger partial charge in [0, 0.05) is 24.0 Å². The number of thiazole rings is 1. The largest absolute Gasteiger partial charge is 0.497 e. The monoisotopic (exact) mass is 582 g/mol. The van der Waals surface area contributed by atoms with Crippen LogP contribution in [0.1, 0.15) is 29.5 Å². The zero-order valence-electron chi connectivity index (χ0n) is 22.6. The Kier molecular flexibility index (Phi) is 8.21. The topological polar surface area (TPSA) is 71.9 Å². The Balaban J connectivity index is 1.31. The van der Waals surface area contributed by atoms with Crippen molar-refractivity contribution in [3.63, 3.8) is 0 Å². The van der Waals surface area contributed by atoms with Gasteiger partial charge in [-0.25, -0.2) is 4.98 Å². The van der Waals surface area contributed by atoms with Crippen LogP contribution in [0, 0.1) is 12.8 Å². The second-order valence-corrected chi connectivity index (χ2v) is 10.8. The number of benzene rings is 3. The van der Waals surface area contributed by atoms with Crippen LogP contribution in [-0.2, 0) is 17.6 Å². The molecule has 1 aliphatic rings. The first-order valence-electron chi connectivity index (χ1n) is 13.1. The lowest BCUT2D eigenvalue weighted by atomic mass is 9.97. The standard InChI is InChI=1S/C31H29F3N2O4S/c1-19-15-22(20-5-7-24(8-6-20)31(32,33)34)3-4-23(19)17-40-28-10-9-25(39-2)16-26(28)27-18-41-30(35-27)36-13-11-21(12-14-36)29(37)38/h3-10,15-16,18,21H,11-14,17H2,1-2H3,(H,37,38). The van der Waals surface area contributed by atoms with Gasteiger partial charge in [0.05, 0.1) is 24.3 Å². The van der Waals surface area contributed by atoms with Crippen LogP contribution in [0.15, 0.2) is 66.0 Å². The third-order valence-electron chi connectivity index (χ3n) is 7.34. The summed E-state index contributed by atoms with van der Waals surface area (Å²) in [5.74, 6) is 0.253. The molecule has 5 rings (SSSR count). The lowest BCUT2D eigenvalue weighted by Gasteiger charge is -2.29. The minimum atomic E-state index is -4.37. The number of alkyl halides is 3. The van der Waals surface area contributed by atoms with Crippen molar-refractivity contribution in [2.75, 3.05) is 25.1 Å². The summed E-state index contributed by atoms with van der Waals surface area (Å²) in [5, 5.41) is 12.1. The maximum Gasteiger partial charge on any atom is 0.416 e. The fourth-order valence-corrected chi connectivity index (χ4v) is 5.74. The summed E-state index contributed by atoms with van der Waals surface area (Å²) in [5.41, 5.74) is 4.29. The average Bonchev–Trinajstić information content (AvgIpc) is 3.46. The zero-order chi connectivity index (χ0) is 29.1. The van der Waals surface area contributed by atoms with Crippen LogP contribution in [0.4, 0.5) is 18.3 Å². The molecule has 10 heteroatoms. The van der Waals surface area contributed by atoms with Crippen molar-refractivity contribution in [3.8, 4) is 33.9 Å². The Hall–Kier alpha value is -4.05. The summed E-state index contributed by atoms with van der Waals surface area (Å²) in [7, 11) is 1.60. The highest BCUT2D eigenvalue weighted by Crippen LogP contribution is 2.38. The van der Waals surface area contributed by atoms with E-state index in [2.05, 4.69) is 4.90 Å². The fourth-order valence-electron chi connectivity index (χ4n) is 4.86. The molecule has 0 aliphatic carbocycles. The number of aliphatic carboxylic acids is 1. The number of hydrogen-bond acceptors (Lipinski definition) is 6. The van der Waals surface area contributed by atoms with E-state index in [1.807, 2.05) is 48.7 Å². The van der Waals surface area contributed by atoms with Gasteiger partial charge in [0.25, 0.3) is 0 Å². The molecule has 0 amide bonds. The molecule has 0 bridgehead atoms. The Bertz CT molecular complexity index is 1530. The summed E-state index contributed by atoms with van der Waals surface area (Å²) in [4.78, 5) is 18.3. The van der Waals surface area contributed by atoms with Crippen LogP contribution in [0.3, 0.4) is 0 Å². The second kappa shape index (κ2) is 11.8. The van der Waals surface area contributed by atoms with E-state index in [1.54, 1.807) is 7.11 Å². The van der Waals surface area contributed by atoms with Crippen molar-refractivity contribution in [2.45, 2.75) is 32.5 Å². The van der Waals surface area contributed by atoms with Gasteiger partial charge >= 0.3 is 12.1 Å². The van der Waals surface area contributed by atoms with Crippen LogP contribution in [0.25, 0.3) is 22.4 Å². The number of aromatic nitrogens is 1. The van der Waals surface area contributed by atoms with Gasteiger partial charge < -0.3 is 19.5 Å². The summed E-state index contributed by atoms with van der Waals surface area (Å²) >= 11 is 1.51. The fraction of sp³-hybridized carbons (Fsp3) is 0.290. The minimum Gasteiger partial charge on any atom is -0.497 e. The summed E-state index contributed by atoms with van der Waals surface area (Å²) < 4.78 is 50.5. The number of ether oxygens (including phenoxy) is 2. The molecule has 4 aromatic rings. The van der Waals surface area contributed by atoms with Crippen LogP contribution < -0.4 is 14.4 Å². The molecule has 3 aromatic carbocycles. The van der Waals surface area contributed by atoms with Gasteiger partial charge in [0.15, 0.2) is 5.13 Å². The van der Waals surface area contributed by atoms with Gasteiger partial charge in [-0.2, -0.15) is 13.2 Å². The van der Waals surface area contributed by atoms with E-state index in [-0.39, 0.29) is 12.5 Å². The number of carboxylic acid groups (broad SMARTS) is 1. The van der Waals surface area contributed by atoms with Crippen molar-refractivity contribution in [3.05, 3.63) is 82.7 Å². The SMILES string of the molecule is COc1ccc(OCc2ccc(-c3ccc(C(F)(F)F)cc3)cc2C)c(-c2csc(N3CCC(C(=O)O)CC3)n2)c1. The first-order valence-corrected chi connectivity index (χ1v) is 14.0. The third-order valence-corrected chi connectivity index (χ3v) is 8.24. The molecule has 0 radical (unpaired) electrons. The molecule has 1 N–H and O–H groups in total. The van der Waals surface area contributed by atoms with E-state index in [9.17, 15) is 23.1 Å². The molecule has 1 saturated heterocycles. The molecule has 1 fully saturated rings. The number of halogens is 3. The first kappa shape index (κ1) is 28.5. The van der Waals surface area contributed by atoms with Crippen molar-refractivity contribution in [2.24, 2.45) is 5.92 Å². The molecule has 214 valence electrons. The lowest BCUT2D eigenvalue weighted by molar-refractivity contribution is -0.142. The molecule has 41 heavy (non-hydrogen) atoms. The summed E-state index contributed by atoms with van der Waals surface area (Å²) in [6.07, 6.45) is -3.18. The number of rotatable bonds is 8. The quantitative estimate of drug-likeness (QED) is 0.230. The van der Waals surface area contributed by atoms with E-state index in [1.165, 1.54) is 23.5 Å². The smallest absolute Gasteiger partial charge is 0.416 e. The molecule has 1 aromatic heterocycles. The van der Waals surface area contributed by atoms with Crippen LogP contribution in [0.5, 0.6) is 11.5 Å². The summed E-state index contributed by atoms with van der Waals surface area (Å²) in [6, 6.07) is 16.4. The lowest BCUT2D eigenvalue weighted by Crippen LogP contribution is -2.36. The molecule has 2 heterocycles. The van der Waals surface area contributed by atoms with Gasteiger partial charge in [0.1, 0.15) is 18.1 Å². The van der Waals surface area contributed by atoms with Crippen molar-refractivity contribution in [1.29, 1.82) is 0 Å². The van der Waals surface area contributed by atoms with Crippen molar-refractivity contribution in [1.82, 2.24) is 4.98 Å². The highest BCUT2D eigenvalue weighted by molar-refractivity contribution is 7.14. The molecule has 0 saturated carbocycles. The Morgan fingerprint density at radius 1 is 1.05 bits per heavy atom. The van der Waals surface area contributed by atoms with Gasteiger partial charge in [-0.3, -0.25) is 4.79 Å². The van der Waals surface area contributed by atoms with Crippen molar-refractivity contribution >= 4 is 22.4 Å². The Labute approximate surface area is 240 Å². The average molecular weight is 583 g/mol. The van der Waals surface area contributed by atoms with Gasteiger partial charge in [-0.15, -0.1) is 11.3 Å². The predicted octanol–water partition coefficient (Wildman–Crippen LogP) is 7.69. The van der Waals surface area contributed by atoms with Crippen LogP contribution in [-0.4, -0.2) is 36.3 Å². The first-order chi connectivity index (χ1) is 19.6. The van der Waals surface area contributed by atoms with E-state index >= 15 is 0 Å². The highest BCUT2D eigenvalue weighted by atomic mass is 32.1. The predicted molar refractivity (Wildman–Crippen MR) is 153 cm³/mol. The number of hydrogen-bond donors (Lipinski definition) is 1. The molecular formula is C31H29F3N2O4S. The second-order valence-electron chi connectivity index (χ2n) is 9.98. The normalized spacial score (nSPS) is 14.2. The molecular weight excluding hydrogens is 553 g/mol. The highest BCUT2D eigenvalue weighted by Gasteiger charge is 2.30. The van der Waals surface area contributed by atoms with E-state index in [0.29, 0.717) is 43.0 Å². The van der Waals surface area contributed by atoms with Crippen LogP contribution >= 0.6 is 11.3 Å². The number of methoxy groups -OCH3 is 1. The van der Waals surface area contributed by atoms with Gasteiger partial charge in [0.2, 0.25) is 0 Å². The van der Waals surface area contributed by atoms with E-state index in [0.717, 1.165) is 45.2 Å². The molecule has 6 nitrogen and oxygen atoms in total. The number of carbonyl (C=O) groups is 1. The molecule has 0 unspecified atom stereocenters. The number of piperidine rings is 1. The molecule has 0 atom stereocenters. The Morgan fingerprint density at radius 2 is 1.76 bits per heavy atom. The number of aryl methyl sites for hydroxylation is 1. The number of anilines is 1. The van der Waals surface area contributed by atoms with E-state index in [4.69, 9.17) is 14.5 Å². The van der Waals surface area contributed by atoms with Gasteiger partial charge in [-0.1, -0.05) is 30.3 Å². The zero-order valence-corrected chi connectivity index (χ0v) is 23.4. The van der Waals surface area contributed by atoms with Gasteiger partial charge in [-0.05, 0) is 72.4 Å². The third kappa shape index (κ3) is 6.48. The number of nitrogens with zero attached hydrogens (tertiary/aromatic N) is 2. The van der Waals surface area contributed by atoms with E-state index < -0.39 is 17.7 Å². The molecule has 1 aliphatic heterocycles. The molecule has 0 spiro atoms. The Morgan fingerprint density at radius 3 is 2.39 bits per heavy atom. The maximum absolute atomic E-state index is 12.9. The maximum atomic E-state index is 12.9.